The van der Waals surface area contributed by atoms with Crippen LogP contribution in [0.25, 0.3) is 0 Å². The SMILES string of the molecule is CCCCC(CC)COP(OCC(CC)CCCC)OCC(CC)CCCC. The van der Waals surface area contributed by atoms with Crippen LogP contribution in [0.15, 0.2) is 0 Å². The van der Waals surface area contributed by atoms with E-state index in [2.05, 4.69) is 41.5 Å². The monoisotopic (exact) mass is 418 g/mol. The molecule has 4 heteroatoms. The molecule has 0 spiro atoms. The summed E-state index contributed by atoms with van der Waals surface area (Å²) in [5, 5.41) is 0. The molecule has 0 saturated carbocycles. The van der Waals surface area contributed by atoms with Crippen LogP contribution >= 0.6 is 8.60 Å². The molecule has 0 N–H and O–H groups in total. The maximum Gasteiger partial charge on any atom is 0.332 e. The van der Waals surface area contributed by atoms with Crippen LogP contribution in [0.4, 0.5) is 0 Å². The van der Waals surface area contributed by atoms with Crippen molar-refractivity contribution in [3.63, 3.8) is 0 Å². The lowest BCUT2D eigenvalue weighted by molar-refractivity contribution is 0.110. The minimum atomic E-state index is -1.22. The van der Waals surface area contributed by atoms with Gasteiger partial charge in [-0.1, -0.05) is 99.3 Å². The molecule has 3 nitrogen and oxygen atoms in total. The van der Waals surface area contributed by atoms with E-state index in [0.717, 1.165) is 19.8 Å². The van der Waals surface area contributed by atoms with Gasteiger partial charge in [0.2, 0.25) is 0 Å². The summed E-state index contributed by atoms with van der Waals surface area (Å²) in [6.45, 7) is 15.9. The van der Waals surface area contributed by atoms with E-state index in [-0.39, 0.29) is 0 Å². The molecular formula is C24H51O3P. The van der Waals surface area contributed by atoms with E-state index in [9.17, 15) is 0 Å². The first-order valence-electron chi connectivity index (χ1n) is 12.3. The summed E-state index contributed by atoms with van der Waals surface area (Å²) >= 11 is 0. The van der Waals surface area contributed by atoms with E-state index in [1.807, 2.05) is 0 Å². The predicted octanol–water partition coefficient (Wildman–Crippen LogP) is 8.91. The molecule has 0 aliphatic rings. The molecule has 0 heterocycles. The molecule has 0 aromatic carbocycles. The molecule has 3 unspecified atom stereocenters. The summed E-state index contributed by atoms with van der Waals surface area (Å²) in [5.41, 5.74) is 0. The first kappa shape index (κ1) is 28.3. The summed E-state index contributed by atoms with van der Waals surface area (Å²) in [7, 11) is -1.22. The van der Waals surface area contributed by atoms with Crippen LogP contribution in [-0.2, 0) is 13.6 Å². The molecule has 170 valence electrons. The van der Waals surface area contributed by atoms with Crippen molar-refractivity contribution in [2.24, 2.45) is 17.8 Å². The average molecular weight is 419 g/mol. The zero-order valence-corrected chi connectivity index (χ0v) is 20.9. The number of unbranched alkanes of at least 4 members (excludes halogenated alkanes) is 3. The molecular weight excluding hydrogens is 367 g/mol. The van der Waals surface area contributed by atoms with Gasteiger partial charge in [0.1, 0.15) is 0 Å². The van der Waals surface area contributed by atoms with Crippen molar-refractivity contribution < 1.29 is 13.6 Å². The minimum absolute atomic E-state index is 0.626. The van der Waals surface area contributed by atoms with Crippen LogP contribution in [0.5, 0.6) is 0 Å². The Labute approximate surface area is 178 Å². The smallest absolute Gasteiger partial charge is 0.312 e. The number of hydrogen-bond acceptors (Lipinski definition) is 3. The van der Waals surface area contributed by atoms with E-state index in [1.54, 1.807) is 0 Å². The van der Waals surface area contributed by atoms with Crippen molar-refractivity contribution >= 4 is 8.60 Å². The maximum absolute atomic E-state index is 6.21. The molecule has 28 heavy (non-hydrogen) atoms. The van der Waals surface area contributed by atoms with Gasteiger partial charge >= 0.3 is 8.60 Å². The molecule has 0 rings (SSSR count). The van der Waals surface area contributed by atoms with Crippen LogP contribution in [0.3, 0.4) is 0 Å². The summed E-state index contributed by atoms with van der Waals surface area (Å²) < 4.78 is 18.6. The van der Waals surface area contributed by atoms with Gasteiger partial charge in [0.25, 0.3) is 0 Å². The standard InChI is InChI=1S/C24H51O3P/c1-7-13-16-22(10-4)19-25-28(26-20-23(11-5)17-14-8-2)27-21-24(12-6)18-15-9-3/h22-24H,7-21H2,1-6H3. The zero-order chi connectivity index (χ0) is 21.0. The van der Waals surface area contributed by atoms with Gasteiger partial charge in [-0.25, -0.2) is 0 Å². The van der Waals surface area contributed by atoms with Crippen molar-refractivity contribution in [1.29, 1.82) is 0 Å². The lowest BCUT2D eigenvalue weighted by Crippen LogP contribution is -2.13. The van der Waals surface area contributed by atoms with Crippen LogP contribution in [0.2, 0.25) is 0 Å². The first-order chi connectivity index (χ1) is 13.6. The van der Waals surface area contributed by atoms with Gasteiger partial charge in [-0.15, -0.1) is 0 Å². The highest BCUT2D eigenvalue weighted by atomic mass is 31.2. The number of hydrogen-bond donors (Lipinski definition) is 0. The summed E-state index contributed by atoms with van der Waals surface area (Å²) in [6.07, 6.45) is 14.9. The van der Waals surface area contributed by atoms with Crippen molar-refractivity contribution in [2.75, 3.05) is 19.8 Å². The van der Waals surface area contributed by atoms with Gasteiger partial charge in [0, 0.05) is 0 Å². The van der Waals surface area contributed by atoms with Crippen molar-refractivity contribution in [1.82, 2.24) is 0 Å². The Bertz CT molecular complexity index is 267. The van der Waals surface area contributed by atoms with Crippen molar-refractivity contribution in [2.45, 2.75) is 119 Å². The van der Waals surface area contributed by atoms with Crippen LogP contribution in [0, 0.1) is 17.8 Å². The molecule has 0 aliphatic heterocycles. The molecule has 0 aromatic rings. The largest absolute Gasteiger partial charge is 0.332 e. The average Bonchev–Trinajstić information content (AvgIpc) is 2.73. The van der Waals surface area contributed by atoms with Gasteiger partial charge in [-0.3, -0.25) is 0 Å². The Balaban J connectivity index is 4.60. The Hall–Kier alpha value is 0.310. The van der Waals surface area contributed by atoms with Crippen LogP contribution in [-0.4, -0.2) is 19.8 Å². The van der Waals surface area contributed by atoms with Crippen LogP contribution < -0.4 is 0 Å². The highest BCUT2D eigenvalue weighted by Gasteiger charge is 2.20. The quantitative estimate of drug-likeness (QED) is 0.174. The fourth-order valence-corrected chi connectivity index (χ4v) is 4.53. The molecule has 3 atom stereocenters. The third-order valence-electron chi connectivity index (χ3n) is 5.88. The summed E-state index contributed by atoms with van der Waals surface area (Å²) in [6, 6.07) is 0. The van der Waals surface area contributed by atoms with Crippen molar-refractivity contribution in [3.8, 4) is 0 Å². The van der Waals surface area contributed by atoms with Gasteiger partial charge < -0.3 is 13.6 Å². The molecule has 0 bridgehead atoms. The minimum Gasteiger partial charge on any atom is -0.312 e. The van der Waals surface area contributed by atoms with E-state index < -0.39 is 8.60 Å². The highest BCUT2D eigenvalue weighted by molar-refractivity contribution is 7.41. The number of rotatable bonds is 21. The highest BCUT2D eigenvalue weighted by Crippen LogP contribution is 2.42. The second-order valence-electron chi connectivity index (χ2n) is 8.36. The molecule has 0 radical (unpaired) electrons. The normalized spacial score (nSPS) is 16.1. The second kappa shape index (κ2) is 20.6. The van der Waals surface area contributed by atoms with Gasteiger partial charge in [0.15, 0.2) is 0 Å². The molecule has 0 aromatic heterocycles. The Morgan fingerprint density at radius 1 is 0.500 bits per heavy atom. The summed E-state index contributed by atoms with van der Waals surface area (Å²) in [4.78, 5) is 0. The molecule has 0 aliphatic carbocycles. The zero-order valence-electron chi connectivity index (χ0n) is 20.0. The molecule has 0 saturated heterocycles. The van der Waals surface area contributed by atoms with Gasteiger partial charge in [-0.2, -0.15) is 0 Å². The Kier molecular flexibility index (Phi) is 20.8. The Morgan fingerprint density at radius 2 is 0.786 bits per heavy atom. The van der Waals surface area contributed by atoms with E-state index in [0.29, 0.717) is 17.8 Å². The van der Waals surface area contributed by atoms with Crippen LogP contribution in [0.1, 0.15) is 119 Å². The van der Waals surface area contributed by atoms with Gasteiger partial charge in [0.05, 0.1) is 19.8 Å². The second-order valence-corrected chi connectivity index (χ2v) is 9.58. The lowest BCUT2D eigenvalue weighted by atomic mass is 10.0. The topological polar surface area (TPSA) is 27.7 Å². The molecule has 0 amide bonds. The summed E-state index contributed by atoms with van der Waals surface area (Å²) in [5.74, 6) is 1.88. The van der Waals surface area contributed by atoms with Gasteiger partial charge in [-0.05, 0) is 37.0 Å². The third-order valence-corrected chi connectivity index (χ3v) is 6.96. The van der Waals surface area contributed by atoms with E-state index in [4.69, 9.17) is 13.6 Å². The maximum atomic E-state index is 6.21. The Morgan fingerprint density at radius 3 is 1.00 bits per heavy atom. The first-order valence-corrected chi connectivity index (χ1v) is 13.4. The third kappa shape index (κ3) is 15.2. The van der Waals surface area contributed by atoms with E-state index >= 15 is 0 Å². The fraction of sp³-hybridized carbons (Fsp3) is 1.00. The fourth-order valence-electron chi connectivity index (χ4n) is 3.30. The predicted molar refractivity (Wildman–Crippen MR) is 125 cm³/mol. The van der Waals surface area contributed by atoms with E-state index in [1.165, 1.54) is 77.0 Å². The van der Waals surface area contributed by atoms with Crippen molar-refractivity contribution in [3.05, 3.63) is 0 Å². The molecule has 0 fully saturated rings. The lowest BCUT2D eigenvalue weighted by Gasteiger charge is -2.24.